The zero-order valence-corrected chi connectivity index (χ0v) is 16.8. The van der Waals surface area contributed by atoms with Crippen molar-refractivity contribution in [2.24, 2.45) is 0 Å². The minimum absolute atomic E-state index is 0.133. The fourth-order valence-electron chi connectivity index (χ4n) is 3.79. The molecule has 0 bridgehead atoms. The molecule has 1 fully saturated rings. The van der Waals surface area contributed by atoms with Crippen LogP contribution in [0.25, 0.3) is 0 Å². The van der Waals surface area contributed by atoms with Crippen molar-refractivity contribution in [2.45, 2.75) is 25.4 Å². The number of fused-ring (bicyclic) bond motifs is 1. The third kappa shape index (κ3) is 3.86. The average molecular weight is 425 g/mol. The fraction of sp³-hybridized carbons (Fsp3) is 0.273. The second kappa shape index (κ2) is 8.17. The van der Waals surface area contributed by atoms with Gasteiger partial charge in [0.2, 0.25) is 11.8 Å². The lowest BCUT2D eigenvalue weighted by molar-refractivity contribution is -0.137. The smallest absolute Gasteiger partial charge is 0.264 e. The van der Waals surface area contributed by atoms with Gasteiger partial charge < -0.3 is 14.5 Å². The van der Waals surface area contributed by atoms with Gasteiger partial charge in [-0.05, 0) is 30.7 Å². The number of piperidine rings is 1. The first-order chi connectivity index (χ1) is 14.9. The summed E-state index contributed by atoms with van der Waals surface area (Å²) in [6, 6.07) is 10.1. The summed E-state index contributed by atoms with van der Waals surface area (Å²) in [5.74, 6) is -1.83. The number of anilines is 1. The highest BCUT2D eigenvalue weighted by Gasteiger charge is 2.40. The Labute approximate surface area is 177 Å². The molecule has 0 spiro atoms. The van der Waals surface area contributed by atoms with E-state index in [1.165, 1.54) is 35.0 Å². The molecule has 1 N–H and O–H groups in total. The number of imide groups is 1. The SMILES string of the molecule is CN(C(=O)COc1cccc2c1CN(C1CCC(=O)NC1=O)C2=O)c1ccccc1F. The quantitative estimate of drug-likeness (QED) is 0.735. The second-order valence-electron chi connectivity index (χ2n) is 7.38. The van der Waals surface area contributed by atoms with Crippen LogP contribution >= 0.6 is 0 Å². The van der Waals surface area contributed by atoms with Crippen molar-refractivity contribution in [3.05, 3.63) is 59.4 Å². The Bertz CT molecular complexity index is 1090. The molecule has 160 valence electrons. The van der Waals surface area contributed by atoms with Gasteiger partial charge in [0.05, 0.1) is 12.2 Å². The first kappa shape index (κ1) is 20.5. The highest BCUT2D eigenvalue weighted by molar-refractivity contribution is 6.05. The highest BCUT2D eigenvalue weighted by Crippen LogP contribution is 2.33. The van der Waals surface area contributed by atoms with Gasteiger partial charge in [0.15, 0.2) is 6.61 Å². The van der Waals surface area contributed by atoms with Crippen LogP contribution < -0.4 is 15.0 Å². The van der Waals surface area contributed by atoms with Crippen LogP contribution in [0.3, 0.4) is 0 Å². The van der Waals surface area contributed by atoms with Gasteiger partial charge in [-0.25, -0.2) is 4.39 Å². The van der Waals surface area contributed by atoms with Crippen molar-refractivity contribution >= 4 is 29.3 Å². The van der Waals surface area contributed by atoms with Crippen LogP contribution in [-0.4, -0.2) is 48.2 Å². The van der Waals surface area contributed by atoms with Gasteiger partial charge in [0, 0.05) is 24.6 Å². The van der Waals surface area contributed by atoms with E-state index in [1.807, 2.05) is 0 Å². The molecule has 1 atom stereocenters. The maximum absolute atomic E-state index is 13.9. The van der Waals surface area contributed by atoms with E-state index in [2.05, 4.69) is 5.32 Å². The second-order valence-corrected chi connectivity index (χ2v) is 7.38. The van der Waals surface area contributed by atoms with E-state index in [1.54, 1.807) is 24.3 Å². The van der Waals surface area contributed by atoms with Gasteiger partial charge in [-0.2, -0.15) is 0 Å². The molecule has 2 aromatic carbocycles. The summed E-state index contributed by atoms with van der Waals surface area (Å²) in [5.41, 5.74) is 1.09. The molecule has 9 heteroatoms. The lowest BCUT2D eigenvalue weighted by Crippen LogP contribution is -2.52. The Morgan fingerprint density at radius 1 is 1.19 bits per heavy atom. The number of carbonyl (C=O) groups excluding carboxylic acids is 4. The standard InChI is InChI=1S/C22H20FN3O5/c1-25(16-7-3-2-6-15(16)23)20(28)12-31-18-8-4-5-13-14(18)11-26(22(13)30)17-9-10-19(27)24-21(17)29/h2-8,17H,9-12H2,1H3,(H,24,27,29). The maximum atomic E-state index is 13.9. The topological polar surface area (TPSA) is 96.0 Å². The van der Waals surface area contributed by atoms with Crippen LogP contribution in [0.1, 0.15) is 28.8 Å². The number of carbonyl (C=O) groups is 4. The third-order valence-corrected chi connectivity index (χ3v) is 5.48. The Morgan fingerprint density at radius 2 is 1.97 bits per heavy atom. The highest BCUT2D eigenvalue weighted by atomic mass is 19.1. The zero-order valence-electron chi connectivity index (χ0n) is 16.8. The van der Waals surface area contributed by atoms with Crippen molar-refractivity contribution in [3.8, 4) is 5.75 Å². The van der Waals surface area contributed by atoms with Crippen molar-refractivity contribution in [2.75, 3.05) is 18.6 Å². The Morgan fingerprint density at radius 3 is 2.71 bits per heavy atom. The molecule has 4 rings (SSSR count). The van der Waals surface area contributed by atoms with E-state index in [9.17, 15) is 23.6 Å². The minimum atomic E-state index is -0.737. The summed E-state index contributed by atoms with van der Waals surface area (Å²) >= 11 is 0. The van der Waals surface area contributed by atoms with Crippen molar-refractivity contribution < 1.29 is 28.3 Å². The van der Waals surface area contributed by atoms with Crippen molar-refractivity contribution in [1.29, 1.82) is 0 Å². The van der Waals surface area contributed by atoms with Gasteiger partial charge in [-0.15, -0.1) is 0 Å². The Hall–Kier alpha value is -3.75. The maximum Gasteiger partial charge on any atom is 0.264 e. The number of amides is 4. The van der Waals surface area contributed by atoms with E-state index in [0.717, 1.165) is 0 Å². The van der Waals surface area contributed by atoms with E-state index >= 15 is 0 Å². The lowest BCUT2D eigenvalue weighted by atomic mass is 10.0. The normalized spacial score (nSPS) is 17.9. The number of rotatable bonds is 5. The molecule has 1 saturated heterocycles. The van der Waals surface area contributed by atoms with E-state index < -0.39 is 23.7 Å². The molecule has 2 heterocycles. The van der Waals surface area contributed by atoms with E-state index in [4.69, 9.17) is 4.74 Å². The first-order valence-electron chi connectivity index (χ1n) is 9.77. The van der Waals surface area contributed by atoms with Gasteiger partial charge in [0.25, 0.3) is 11.8 Å². The number of benzene rings is 2. The molecular formula is C22H20FN3O5. The van der Waals surface area contributed by atoms with Crippen LogP contribution in [0.4, 0.5) is 10.1 Å². The molecule has 8 nitrogen and oxygen atoms in total. The van der Waals surface area contributed by atoms with Crippen LogP contribution in [-0.2, 0) is 20.9 Å². The number of hydrogen-bond donors (Lipinski definition) is 1. The van der Waals surface area contributed by atoms with Crippen LogP contribution in [0.2, 0.25) is 0 Å². The zero-order chi connectivity index (χ0) is 22.1. The van der Waals surface area contributed by atoms with Crippen molar-refractivity contribution in [1.82, 2.24) is 10.2 Å². The molecule has 0 aromatic heterocycles. The summed E-state index contributed by atoms with van der Waals surface area (Å²) in [7, 11) is 1.45. The number of hydrogen-bond acceptors (Lipinski definition) is 5. The molecule has 2 aliphatic rings. The van der Waals surface area contributed by atoms with Gasteiger partial charge in [-0.3, -0.25) is 24.5 Å². The minimum Gasteiger partial charge on any atom is -0.483 e. The third-order valence-electron chi connectivity index (χ3n) is 5.48. The summed E-state index contributed by atoms with van der Waals surface area (Å²) < 4.78 is 19.6. The molecule has 31 heavy (non-hydrogen) atoms. The van der Waals surface area contributed by atoms with Crippen molar-refractivity contribution in [3.63, 3.8) is 0 Å². The molecule has 0 radical (unpaired) electrons. The number of likely N-dealkylation sites (N-methyl/N-ethyl adjacent to an activating group) is 1. The molecule has 4 amide bonds. The van der Waals surface area contributed by atoms with Gasteiger partial charge in [-0.1, -0.05) is 18.2 Å². The Balaban J connectivity index is 1.48. The van der Waals surface area contributed by atoms with Crippen LogP contribution in [0.5, 0.6) is 5.75 Å². The predicted octanol–water partition coefficient (Wildman–Crippen LogP) is 1.63. The van der Waals surface area contributed by atoms with Crippen LogP contribution in [0.15, 0.2) is 42.5 Å². The monoisotopic (exact) mass is 425 g/mol. The first-order valence-corrected chi connectivity index (χ1v) is 9.77. The van der Waals surface area contributed by atoms with E-state index in [-0.39, 0.29) is 43.5 Å². The number of nitrogens with zero attached hydrogens (tertiary/aromatic N) is 2. The van der Waals surface area contributed by atoms with E-state index in [0.29, 0.717) is 16.9 Å². The lowest BCUT2D eigenvalue weighted by Gasteiger charge is -2.29. The molecular weight excluding hydrogens is 405 g/mol. The summed E-state index contributed by atoms with van der Waals surface area (Å²) in [4.78, 5) is 51.5. The Kier molecular flexibility index (Phi) is 5.41. The number of para-hydroxylation sites is 1. The average Bonchev–Trinajstić information content (AvgIpc) is 3.09. The van der Waals surface area contributed by atoms with Gasteiger partial charge in [0.1, 0.15) is 17.6 Å². The predicted molar refractivity (Wildman–Crippen MR) is 108 cm³/mol. The number of ether oxygens (including phenoxy) is 1. The molecule has 2 aliphatic heterocycles. The molecule has 1 unspecified atom stereocenters. The molecule has 2 aromatic rings. The fourth-order valence-corrected chi connectivity index (χ4v) is 3.79. The summed E-state index contributed by atoms with van der Waals surface area (Å²) in [6.45, 7) is -0.220. The molecule has 0 saturated carbocycles. The molecule has 0 aliphatic carbocycles. The summed E-state index contributed by atoms with van der Waals surface area (Å²) in [5, 5.41) is 2.26. The number of nitrogens with one attached hydrogen (secondary N) is 1. The largest absolute Gasteiger partial charge is 0.483 e. The van der Waals surface area contributed by atoms with Crippen LogP contribution in [0, 0.1) is 5.82 Å². The number of halogens is 1. The summed E-state index contributed by atoms with van der Waals surface area (Å²) in [6.07, 6.45) is 0.420. The van der Waals surface area contributed by atoms with Gasteiger partial charge >= 0.3 is 0 Å².